The predicted molar refractivity (Wildman–Crippen MR) is 130 cm³/mol. The number of rotatable bonds is 6. The van der Waals surface area contributed by atoms with Crippen LogP contribution in [0.4, 0.5) is 10.1 Å². The molecule has 0 spiro atoms. The van der Waals surface area contributed by atoms with Crippen molar-refractivity contribution in [2.45, 2.75) is 66.6 Å². The average molecular weight is 448 g/mol. The van der Waals surface area contributed by atoms with E-state index in [-0.39, 0.29) is 23.4 Å². The van der Waals surface area contributed by atoms with Gasteiger partial charge in [0.25, 0.3) is 0 Å². The van der Waals surface area contributed by atoms with Crippen molar-refractivity contribution in [1.29, 1.82) is 0 Å². The Morgan fingerprint density at radius 2 is 1.55 bits per heavy atom. The van der Waals surface area contributed by atoms with Gasteiger partial charge in [0, 0.05) is 17.1 Å². The van der Waals surface area contributed by atoms with E-state index in [1.807, 2.05) is 26.0 Å². The minimum Gasteiger partial charge on any atom is -0.375 e. The first kappa shape index (κ1) is 21.9. The maximum atomic E-state index is 13.7. The zero-order valence-electron chi connectivity index (χ0n) is 20.4. The quantitative estimate of drug-likeness (QED) is 0.474. The average Bonchev–Trinajstić information content (AvgIpc) is 3.28. The summed E-state index contributed by atoms with van der Waals surface area (Å²) in [4.78, 5) is 0. The fourth-order valence-electron chi connectivity index (χ4n) is 6.02. The highest BCUT2D eigenvalue weighted by atomic mass is 19.1. The van der Waals surface area contributed by atoms with Crippen molar-refractivity contribution in [3.8, 4) is 0 Å². The topological polar surface area (TPSA) is 47.7 Å². The lowest BCUT2D eigenvalue weighted by atomic mass is 9.48. The molecule has 1 N–H and O–H groups in total. The number of fused-ring (bicyclic) bond motifs is 1. The lowest BCUT2D eigenvalue weighted by molar-refractivity contribution is -0.0115. The second-order valence-corrected chi connectivity index (χ2v) is 10.5. The van der Waals surface area contributed by atoms with Gasteiger partial charge in [0.1, 0.15) is 5.82 Å². The molecule has 3 atom stereocenters. The van der Waals surface area contributed by atoms with E-state index < -0.39 is 0 Å². The summed E-state index contributed by atoms with van der Waals surface area (Å²) in [6.45, 7) is 13.1. The Morgan fingerprint density at radius 1 is 0.970 bits per heavy atom. The fourth-order valence-corrected chi connectivity index (χ4v) is 6.02. The van der Waals surface area contributed by atoms with Gasteiger partial charge in [0.15, 0.2) is 6.17 Å². The van der Waals surface area contributed by atoms with Crippen molar-refractivity contribution >= 4 is 5.69 Å². The zero-order valence-corrected chi connectivity index (χ0v) is 20.4. The van der Waals surface area contributed by atoms with Gasteiger partial charge in [0.05, 0.1) is 17.4 Å². The van der Waals surface area contributed by atoms with Gasteiger partial charge < -0.3 is 5.32 Å². The van der Waals surface area contributed by atoms with E-state index in [9.17, 15) is 4.39 Å². The van der Waals surface area contributed by atoms with Crippen molar-refractivity contribution < 1.29 is 4.39 Å². The van der Waals surface area contributed by atoms with Crippen LogP contribution in [0.15, 0.2) is 48.0 Å². The zero-order chi connectivity index (χ0) is 23.5. The smallest absolute Gasteiger partial charge is 0.167 e. The summed E-state index contributed by atoms with van der Waals surface area (Å²) < 4.78 is 17.9. The molecule has 1 aromatic carbocycles. The molecule has 174 valence electrons. The number of nitrogens with zero attached hydrogens (tertiary/aromatic N) is 4. The maximum Gasteiger partial charge on any atom is 0.167 e. The van der Waals surface area contributed by atoms with Gasteiger partial charge in [-0.25, -0.2) is 13.8 Å². The highest BCUT2D eigenvalue weighted by molar-refractivity contribution is 5.48. The molecular formula is C27H34FN5. The molecule has 0 amide bonds. The van der Waals surface area contributed by atoms with Gasteiger partial charge in [-0.1, -0.05) is 19.9 Å². The SMILES string of the molecule is Cc1cc(C)n(C([C@H](Nc2ccc(F)cc2)C2=CC[C@H]3C[C@@H]2C3(C)C)n2nc(C)cc2C)n1. The van der Waals surface area contributed by atoms with Crippen LogP contribution in [-0.4, -0.2) is 25.6 Å². The summed E-state index contributed by atoms with van der Waals surface area (Å²) in [6.07, 6.45) is 4.58. The number of anilines is 1. The summed E-state index contributed by atoms with van der Waals surface area (Å²) in [5.41, 5.74) is 6.76. The van der Waals surface area contributed by atoms with E-state index in [0.29, 0.717) is 5.92 Å². The molecule has 33 heavy (non-hydrogen) atoms. The minimum atomic E-state index is -0.231. The molecule has 3 aliphatic carbocycles. The number of nitrogens with one attached hydrogen (secondary N) is 1. The van der Waals surface area contributed by atoms with Crippen LogP contribution in [0, 0.1) is 50.8 Å². The van der Waals surface area contributed by atoms with Crippen LogP contribution < -0.4 is 5.32 Å². The molecular weight excluding hydrogens is 413 g/mol. The maximum absolute atomic E-state index is 13.7. The van der Waals surface area contributed by atoms with Crippen LogP contribution in [-0.2, 0) is 0 Å². The molecule has 1 fully saturated rings. The molecule has 0 radical (unpaired) electrons. The Bertz CT molecular complexity index is 1150. The molecule has 6 rings (SSSR count). The van der Waals surface area contributed by atoms with Gasteiger partial charge in [-0.05, 0) is 99.8 Å². The number of hydrogen-bond acceptors (Lipinski definition) is 3. The van der Waals surface area contributed by atoms with Gasteiger partial charge in [-0.2, -0.15) is 10.2 Å². The van der Waals surface area contributed by atoms with Crippen LogP contribution in [0.1, 0.15) is 55.6 Å². The van der Waals surface area contributed by atoms with E-state index in [1.54, 1.807) is 0 Å². The Labute approximate surface area is 195 Å². The lowest BCUT2D eigenvalue weighted by Crippen LogP contribution is -2.53. The number of halogens is 1. The van der Waals surface area contributed by atoms with E-state index in [2.05, 4.69) is 60.6 Å². The summed E-state index contributed by atoms with van der Waals surface area (Å²) in [5.74, 6) is 1.02. The number of benzene rings is 1. The summed E-state index contributed by atoms with van der Waals surface area (Å²) in [6, 6.07) is 10.8. The first-order valence-corrected chi connectivity index (χ1v) is 11.9. The first-order chi connectivity index (χ1) is 15.6. The number of allylic oxidation sites excluding steroid dienone is 1. The van der Waals surface area contributed by atoms with Crippen LogP contribution in [0.5, 0.6) is 0 Å². The third-order valence-electron chi connectivity index (χ3n) is 7.93. The molecule has 2 aromatic heterocycles. The van der Waals surface area contributed by atoms with Crippen molar-refractivity contribution in [2.75, 3.05) is 5.32 Å². The molecule has 3 aliphatic rings. The molecule has 1 saturated carbocycles. The largest absolute Gasteiger partial charge is 0.375 e. The molecule has 0 unspecified atom stereocenters. The molecule has 3 aromatic rings. The first-order valence-electron chi connectivity index (χ1n) is 11.9. The van der Waals surface area contributed by atoms with E-state index in [4.69, 9.17) is 10.2 Å². The third kappa shape index (κ3) is 3.69. The van der Waals surface area contributed by atoms with Crippen molar-refractivity contribution in [3.05, 3.63) is 76.6 Å². The standard InChI is InChI=1S/C27H34FN5/c1-16-13-18(3)32(30-16)26(33-19(4)14-17(2)31-33)25(29-22-10-8-21(28)9-11-22)23-12-7-20-15-24(23)27(20,5)6/h8-14,20,24-26,29H,7,15H2,1-6H3/t20-,24-,25+/m0/s1. The van der Waals surface area contributed by atoms with Crippen LogP contribution >= 0.6 is 0 Å². The Morgan fingerprint density at radius 3 is 2.00 bits per heavy atom. The van der Waals surface area contributed by atoms with Gasteiger partial charge in [-0.15, -0.1) is 0 Å². The summed E-state index contributed by atoms with van der Waals surface area (Å²) in [5, 5.41) is 13.6. The summed E-state index contributed by atoms with van der Waals surface area (Å²) >= 11 is 0. The van der Waals surface area contributed by atoms with E-state index >= 15 is 0 Å². The van der Waals surface area contributed by atoms with Crippen molar-refractivity contribution in [3.63, 3.8) is 0 Å². The van der Waals surface area contributed by atoms with Crippen LogP contribution in [0.3, 0.4) is 0 Å². The highest BCUT2D eigenvalue weighted by Crippen LogP contribution is 2.60. The van der Waals surface area contributed by atoms with E-state index in [1.165, 1.54) is 24.1 Å². The fraction of sp³-hybridized carbons (Fsp3) is 0.481. The highest BCUT2D eigenvalue weighted by Gasteiger charge is 2.53. The molecule has 2 bridgehead atoms. The third-order valence-corrected chi connectivity index (χ3v) is 7.93. The van der Waals surface area contributed by atoms with Crippen molar-refractivity contribution in [1.82, 2.24) is 19.6 Å². The molecule has 6 heteroatoms. The Hall–Kier alpha value is -2.89. The number of aryl methyl sites for hydroxylation is 4. The number of hydrogen-bond donors (Lipinski definition) is 1. The van der Waals surface area contributed by atoms with Gasteiger partial charge in [0.2, 0.25) is 0 Å². The van der Waals surface area contributed by atoms with Gasteiger partial charge in [-0.3, -0.25) is 0 Å². The lowest BCUT2D eigenvalue weighted by Gasteiger charge is -2.58. The summed E-state index contributed by atoms with van der Waals surface area (Å²) in [7, 11) is 0. The van der Waals surface area contributed by atoms with E-state index in [0.717, 1.165) is 40.8 Å². The predicted octanol–water partition coefficient (Wildman–Crippen LogP) is 5.97. The normalized spacial score (nSPS) is 22.1. The molecule has 5 nitrogen and oxygen atoms in total. The monoisotopic (exact) mass is 447 g/mol. The molecule has 2 heterocycles. The molecule has 0 aliphatic heterocycles. The number of aromatic nitrogens is 4. The Kier molecular flexibility index (Phi) is 5.22. The van der Waals surface area contributed by atoms with Crippen LogP contribution in [0.2, 0.25) is 0 Å². The molecule has 0 saturated heterocycles. The minimum absolute atomic E-state index is 0.0722. The van der Waals surface area contributed by atoms with Crippen molar-refractivity contribution in [2.24, 2.45) is 17.3 Å². The Balaban J connectivity index is 1.67. The van der Waals surface area contributed by atoms with Gasteiger partial charge >= 0.3 is 0 Å². The second kappa shape index (κ2) is 7.86. The van der Waals surface area contributed by atoms with Crippen LogP contribution in [0.25, 0.3) is 0 Å². The second-order valence-electron chi connectivity index (χ2n) is 10.5.